The summed E-state index contributed by atoms with van der Waals surface area (Å²) in [7, 11) is 1.69. The Kier molecular flexibility index (Phi) is 6.83. The first kappa shape index (κ1) is 19.3. The van der Waals surface area contributed by atoms with Crippen LogP contribution in [0.25, 0.3) is 0 Å². The van der Waals surface area contributed by atoms with Crippen molar-refractivity contribution in [3.63, 3.8) is 0 Å². The zero-order chi connectivity index (χ0) is 18.3. The molecule has 2 rings (SSSR count). The van der Waals surface area contributed by atoms with Gasteiger partial charge in [0.2, 0.25) is 0 Å². The van der Waals surface area contributed by atoms with Crippen LogP contribution in [0.15, 0.2) is 42.3 Å². The van der Waals surface area contributed by atoms with E-state index in [1.54, 1.807) is 13.2 Å². The van der Waals surface area contributed by atoms with Gasteiger partial charge in [-0.25, -0.2) is 8.78 Å². The molecule has 1 saturated carbocycles. The van der Waals surface area contributed by atoms with Crippen LogP contribution in [0.1, 0.15) is 50.0 Å². The number of nitriles is 1. The van der Waals surface area contributed by atoms with E-state index in [0.717, 1.165) is 50.2 Å². The number of allylic oxidation sites excluding steroid dienone is 4. The summed E-state index contributed by atoms with van der Waals surface area (Å²) in [5.74, 6) is -2.23. The number of hydrogen-bond acceptors (Lipinski definition) is 2. The van der Waals surface area contributed by atoms with Gasteiger partial charge in [0.1, 0.15) is 6.07 Å². The number of methoxy groups -OCH3 is 1. The van der Waals surface area contributed by atoms with Crippen molar-refractivity contribution in [1.82, 2.24) is 0 Å². The van der Waals surface area contributed by atoms with Gasteiger partial charge in [0, 0.05) is 7.11 Å². The molecule has 0 unspecified atom stereocenters. The number of benzene rings is 1. The molecule has 0 aromatic heterocycles. The van der Waals surface area contributed by atoms with Gasteiger partial charge in [-0.3, -0.25) is 0 Å². The summed E-state index contributed by atoms with van der Waals surface area (Å²) < 4.78 is 44.9. The molecule has 1 aromatic rings. The highest BCUT2D eigenvalue weighted by molar-refractivity contribution is 5.23. The van der Waals surface area contributed by atoms with E-state index in [2.05, 4.69) is 0 Å². The summed E-state index contributed by atoms with van der Waals surface area (Å²) in [4.78, 5) is 0. The van der Waals surface area contributed by atoms with Gasteiger partial charge in [0.05, 0.1) is 5.60 Å². The molecule has 0 radical (unpaired) electrons. The minimum atomic E-state index is -0.820. The number of ether oxygens (including phenoxy) is 1. The molecule has 5 heteroatoms. The lowest BCUT2D eigenvalue weighted by Crippen LogP contribution is -2.35. The molecule has 1 fully saturated rings. The topological polar surface area (TPSA) is 33.0 Å². The summed E-state index contributed by atoms with van der Waals surface area (Å²) in [6.07, 6.45) is 9.39. The van der Waals surface area contributed by atoms with E-state index in [4.69, 9.17) is 10.00 Å². The molecule has 25 heavy (non-hydrogen) atoms. The van der Waals surface area contributed by atoms with Crippen molar-refractivity contribution in [1.29, 1.82) is 5.26 Å². The van der Waals surface area contributed by atoms with Crippen LogP contribution >= 0.6 is 0 Å². The molecule has 1 aliphatic carbocycles. The summed E-state index contributed by atoms with van der Waals surface area (Å²) >= 11 is 0. The van der Waals surface area contributed by atoms with Gasteiger partial charge in [-0.15, -0.1) is 0 Å². The minimum Gasteiger partial charge on any atom is -0.378 e. The van der Waals surface area contributed by atoms with Gasteiger partial charge in [0.25, 0.3) is 0 Å². The van der Waals surface area contributed by atoms with E-state index in [-0.39, 0.29) is 11.5 Å². The second kappa shape index (κ2) is 8.87. The zero-order valence-corrected chi connectivity index (χ0v) is 14.3. The molecule has 134 valence electrons. The molecule has 1 aromatic carbocycles. The van der Waals surface area contributed by atoms with Gasteiger partial charge >= 0.3 is 0 Å². The largest absolute Gasteiger partial charge is 0.378 e. The average Bonchev–Trinajstić information content (AvgIpc) is 2.64. The lowest BCUT2D eigenvalue weighted by molar-refractivity contribution is -0.0483. The smallest absolute Gasteiger partial charge is 0.199 e. The summed E-state index contributed by atoms with van der Waals surface area (Å²) in [6.45, 7) is 0. The fourth-order valence-corrected chi connectivity index (χ4v) is 3.43. The maximum Gasteiger partial charge on any atom is 0.199 e. The van der Waals surface area contributed by atoms with Crippen molar-refractivity contribution in [2.24, 2.45) is 0 Å². The monoisotopic (exact) mass is 349 g/mol. The van der Waals surface area contributed by atoms with Gasteiger partial charge in [-0.1, -0.05) is 18.2 Å². The average molecular weight is 349 g/mol. The Morgan fingerprint density at radius 2 is 2.04 bits per heavy atom. The molecule has 0 heterocycles. The molecule has 0 spiro atoms. The van der Waals surface area contributed by atoms with E-state index < -0.39 is 17.5 Å². The summed E-state index contributed by atoms with van der Waals surface area (Å²) in [5.41, 5.74) is 0.595. The maximum atomic E-state index is 13.4. The molecule has 0 aliphatic heterocycles. The van der Waals surface area contributed by atoms with Gasteiger partial charge in [-0.2, -0.15) is 9.65 Å². The van der Waals surface area contributed by atoms with Crippen LogP contribution in [-0.2, 0) is 4.74 Å². The SMILES string of the molecule is CO[C@]1(CCC=CC=C(F)C#N)CC[C@H](c2ccc(F)c(F)c2)CC1. The third kappa shape index (κ3) is 5.20. The third-order valence-corrected chi connectivity index (χ3v) is 5.00. The number of rotatable bonds is 6. The van der Waals surface area contributed by atoms with Crippen molar-refractivity contribution >= 4 is 0 Å². The predicted octanol–water partition coefficient (Wildman–Crippen LogP) is 5.72. The summed E-state index contributed by atoms with van der Waals surface area (Å²) in [5, 5.41) is 8.33. The zero-order valence-electron chi connectivity index (χ0n) is 14.3. The maximum absolute atomic E-state index is 13.4. The standard InChI is InChI=1S/C20H22F3NO/c1-25-20(10-4-2-3-5-17(21)14-24)11-8-15(9-12-20)16-6-7-18(22)19(23)13-16/h2-3,5-7,13,15H,4,8-12H2,1H3/t15-,20+. The van der Waals surface area contributed by atoms with E-state index >= 15 is 0 Å². The second-order valence-electron chi connectivity index (χ2n) is 6.43. The number of nitrogens with zero attached hydrogens (tertiary/aromatic N) is 1. The van der Waals surface area contributed by atoms with E-state index in [1.165, 1.54) is 24.3 Å². The molecular formula is C20H22F3NO. The van der Waals surface area contributed by atoms with Crippen molar-refractivity contribution in [2.75, 3.05) is 7.11 Å². The highest BCUT2D eigenvalue weighted by Gasteiger charge is 2.35. The molecule has 2 nitrogen and oxygen atoms in total. The second-order valence-corrected chi connectivity index (χ2v) is 6.43. The third-order valence-electron chi connectivity index (χ3n) is 5.00. The van der Waals surface area contributed by atoms with Crippen LogP contribution in [0, 0.1) is 23.0 Å². The minimum absolute atomic E-state index is 0.210. The first-order valence-electron chi connectivity index (χ1n) is 8.42. The Bertz CT molecular complexity index is 683. The molecular weight excluding hydrogens is 327 g/mol. The highest BCUT2D eigenvalue weighted by Crippen LogP contribution is 2.42. The van der Waals surface area contributed by atoms with E-state index in [0.29, 0.717) is 0 Å². The van der Waals surface area contributed by atoms with Crippen LogP contribution in [0.5, 0.6) is 0 Å². The Balaban J connectivity index is 1.91. The molecule has 0 saturated heterocycles. The van der Waals surface area contributed by atoms with Crippen LogP contribution in [-0.4, -0.2) is 12.7 Å². The predicted molar refractivity (Wildman–Crippen MR) is 90.5 cm³/mol. The highest BCUT2D eigenvalue weighted by atomic mass is 19.2. The quantitative estimate of drug-likeness (QED) is 0.486. The summed E-state index contributed by atoms with van der Waals surface area (Å²) in [6, 6.07) is 5.55. The number of hydrogen-bond donors (Lipinski definition) is 0. The first-order chi connectivity index (χ1) is 12.0. The Labute approximate surface area is 146 Å². The van der Waals surface area contributed by atoms with Crippen molar-refractivity contribution < 1.29 is 17.9 Å². The Morgan fingerprint density at radius 1 is 1.32 bits per heavy atom. The fourth-order valence-electron chi connectivity index (χ4n) is 3.43. The van der Waals surface area contributed by atoms with Crippen LogP contribution in [0.2, 0.25) is 0 Å². The lowest BCUT2D eigenvalue weighted by Gasteiger charge is -2.39. The Morgan fingerprint density at radius 3 is 2.64 bits per heavy atom. The van der Waals surface area contributed by atoms with E-state index in [1.807, 2.05) is 6.08 Å². The van der Waals surface area contributed by atoms with Crippen LogP contribution in [0.3, 0.4) is 0 Å². The van der Waals surface area contributed by atoms with Crippen molar-refractivity contribution in [3.8, 4) is 6.07 Å². The van der Waals surface area contributed by atoms with Crippen LogP contribution in [0.4, 0.5) is 13.2 Å². The fraction of sp³-hybridized carbons (Fsp3) is 0.450. The van der Waals surface area contributed by atoms with Crippen molar-refractivity contribution in [2.45, 2.75) is 50.0 Å². The van der Waals surface area contributed by atoms with E-state index in [9.17, 15) is 13.2 Å². The van der Waals surface area contributed by atoms with Gasteiger partial charge in [0.15, 0.2) is 17.5 Å². The van der Waals surface area contributed by atoms with Crippen molar-refractivity contribution in [3.05, 3.63) is 59.5 Å². The molecule has 0 bridgehead atoms. The molecule has 0 N–H and O–H groups in total. The molecule has 0 amide bonds. The molecule has 1 aliphatic rings. The molecule has 0 atom stereocenters. The van der Waals surface area contributed by atoms with Gasteiger partial charge < -0.3 is 4.74 Å². The first-order valence-corrected chi connectivity index (χ1v) is 8.42. The van der Waals surface area contributed by atoms with Gasteiger partial charge in [-0.05, 0) is 68.2 Å². The number of halogens is 3. The normalized spacial score (nSPS) is 24.4. The lowest BCUT2D eigenvalue weighted by atomic mass is 9.74. The van der Waals surface area contributed by atoms with Crippen LogP contribution < -0.4 is 0 Å². The Hall–Kier alpha value is -2.06.